The van der Waals surface area contributed by atoms with E-state index in [0.29, 0.717) is 11.9 Å². The minimum absolute atomic E-state index is 0.540. The molecule has 1 nitrogen and oxygen atoms in total. The maximum Gasteiger partial charge on any atom is 0.0351 e. The van der Waals surface area contributed by atoms with E-state index in [2.05, 4.69) is 50.8 Å². The Labute approximate surface area is 104 Å². The number of nitrogens with zero attached hydrogens (tertiary/aromatic N) is 1. The van der Waals surface area contributed by atoms with Crippen LogP contribution in [0.1, 0.15) is 30.5 Å². The molecule has 0 aromatic heterocycles. The number of rotatable bonds is 5. The number of halogens is 1. The molecule has 0 saturated carbocycles. The largest absolute Gasteiger partial charge is 0.295 e. The average Bonchev–Trinajstić information content (AvgIpc) is 2.21. The SMILES string of the molecule is Cc1cccc(C)c1CN(CCCl)C(C)C. The number of hydrogen-bond donors (Lipinski definition) is 0. The summed E-state index contributed by atoms with van der Waals surface area (Å²) in [5, 5.41) is 0. The molecule has 1 aromatic carbocycles. The molecule has 16 heavy (non-hydrogen) atoms. The Morgan fingerprint density at radius 2 is 1.75 bits per heavy atom. The monoisotopic (exact) mass is 239 g/mol. The van der Waals surface area contributed by atoms with Gasteiger partial charge in [-0.1, -0.05) is 18.2 Å². The fourth-order valence-electron chi connectivity index (χ4n) is 1.93. The van der Waals surface area contributed by atoms with Crippen LogP contribution in [0.4, 0.5) is 0 Å². The highest BCUT2D eigenvalue weighted by molar-refractivity contribution is 6.18. The van der Waals surface area contributed by atoms with Gasteiger partial charge in [0.05, 0.1) is 0 Å². The summed E-state index contributed by atoms with van der Waals surface area (Å²) in [4.78, 5) is 2.42. The van der Waals surface area contributed by atoms with Gasteiger partial charge in [-0.3, -0.25) is 4.90 Å². The van der Waals surface area contributed by atoms with Crippen molar-refractivity contribution in [2.45, 2.75) is 40.3 Å². The number of hydrogen-bond acceptors (Lipinski definition) is 1. The van der Waals surface area contributed by atoms with Crippen molar-refractivity contribution in [3.05, 3.63) is 34.9 Å². The summed E-state index contributed by atoms with van der Waals surface area (Å²) in [6.45, 7) is 10.8. The molecule has 0 spiro atoms. The molecule has 0 radical (unpaired) electrons. The second kappa shape index (κ2) is 6.27. The van der Waals surface area contributed by atoms with Crippen LogP contribution in [0.3, 0.4) is 0 Å². The van der Waals surface area contributed by atoms with Gasteiger partial charge in [0.25, 0.3) is 0 Å². The van der Waals surface area contributed by atoms with Crippen LogP contribution < -0.4 is 0 Å². The van der Waals surface area contributed by atoms with Gasteiger partial charge < -0.3 is 0 Å². The molecule has 0 aliphatic carbocycles. The molecule has 0 N–H and O–H groups in total. The Morgan fingerprint density at radius 3 is 2.19 bits per heavy atom. The second-order valence-electron chi connectivity index (χ2n) is 4.62. The standard InChI is InChI=1S/C14H22ClN/c1-11(2)16(9-8-15)10-14-12(3)6-5-7-13(14)4/h5-7,11H,8-10H2,1-4H3. The lowest BCUT2D eigenvalue weighted by atomic mass is 10.0. The minimum Gasteiger partial charge on any atom is -0.295 e. The molecule has 0 fully saturated rings. The Hall–Kier alpha value is -0.530. The number of alkyl halides is 1. The van der Waals surface area contributed by atoms with Gasteiger partial charge in [0, 0.05) is 25.0 Å². The highest BCUT2D eigenvalue weighted by Crippen LogP contribution is 2.17. The third-order valence-corrected chi connectivity index (χ3v) is 3.28. The molecule has 2 heteroatoms. The number of aryl methyl sites for hydroxylation is 2. The van der Waals surface area contributed by atoms with Gasteiger partial charge in [-0.05, 0) is 44.4 Å². The summed E-state index contributed by atoms with van der Waals surface area (Å²) in [5.41, 5.74) is 4.20. The first-order valence-corrected chi connectivity index (χ1v) is 6.44. The fraction of sp³-hybridized carbons (Fsp3) is 0.571. The maximum absolute atomic E-state index is 5.84. The number of benzene rings is 1. The summed E-state index contributed by atoms with van der Waals surface area (Å²) in [6, 6.07) is 7.02. The lowest BCUT2D eigenvalue weighted by molar-refractivity contribution is 0.225. The zero-order chi connectivity index (χ0) is 12.1. The van der Waals surface area contributed by atoms with E-state index in [1.54, 1.807) is 0 Å². The summed E-state index contributed by atoms with van der Waals surface area (Å²) >= 11 is 5.84. The van der Waals surface area contributed by atoms with Crippen LogP contribution in [0.2, 0.25) is 0 Å². The van der Waals surface area contributed by atoms with Gasteiger partial charge in [0.2, 0.25) is 0 Å². The van der Waals surface area contributed by atoms with E-state index in [4.69, 9.17) is 11.6 Å². The van der Waals surface area contributed by atoms with Crippen LogP contribution in [-0.4, -0.2) is 23.4 Å². The Kier molecular flexibility index (Phi) is 5.30. The molecule has 1 aromatic rings. The zero-order valence-corrected chi connectivity index (χ0v) is 11.5. The van der Waals surface area contributed by atoms with Crippen LogP contribution in [0.25, 0.3) is 0 Å². The molecule has 0 aliphatic rings. The predicted molar refractivity (Wildman–Crippen MR) is 72.2 cm³/mol. The molecule has 0 saturated heterocycles. The van der Waals surface area contributed by atoms with E-state index >= 15 is 0 Å². The molecule has 0 bridgehead atoms. The molecule has 0 aliphatic heterocycles. The van der Waals surface area contributed by atoms with E-state index in [9.17, 15) is 0 Å². The first-order valence-electron chi connectivity index (χ1n) is 5.91. The Balaban J connectivity index is 2.84. The van der Waals surface area contributed by atoms with E-state index in [0.717, 1.165) is 13.1 Å². The molecule has 1 rings (SSSR count). The summed E-state index contributed by atoms with van der Waals surface area (Å²) < 4.78 is 0. The fourth-order valence-corrected chi connectivity index (χ4v) is 2.15. The first kappa shape index (κ1) is 13.5. The highest BCUT2D eigenvalue weighted by atomic mass is 35.5. The summed E-state index contributed by atoms with van der Waals surface area (Å²) in [7, 11) is 0. The lowest BCUT2D eigenvalue weighted by Gasteiger charge is -2.27. The normalized spacial score (nSPS) is 11.4. The van der Waals surface area contributed by atoms with Crippen molar-refractivity contribution in [1.82, 2.24) is 4.90 Å². The maximum atomic E-state index is 5.84. The van der Waals surface area contributed by atoms with Crippen molar-refractivity contribution in [3.63, 3.8) is 0 Å². The first-order chi connectivity index (χ1) is 7.56. The third kappa shape index (κ3) is 3.50. The predicted octanol–water partition coefficient (Wildman–Crippen LogP) is 3.75. The molecule has 0 unspecified atom stereocenters. The third-order valence-electron chi connectivity index (χ3n) is 3.11. The highest BCUT2D eigenvalue weighted by Gasteiger charge is 2.11. The van der Waals surface area contributed by atoms with E-state index < -0.39 is 0 Å². The topological polar surface area (TPSA) is 3.24 Å². The lowest BCUT2D eigenvalue weighted by Crippen LogP contribution is -2.32. The smallest absolute Gasteiger partial charge is 0.0351 e. The van der Waals surface area contributed by atoms with Gasteiger partial charge >= 0.3 is 0 Å². The van der Waals surface area contributed by atoms with Crippen molar-refractivity contribution in [2.75, 3.05) is 12.4 Å². The Morgan fingerprint density at radius 1 is 1.19 bits per heavy atom. The average molecular weight is 240 g/mol. The quantitative estimate of drug-likeness (QED) is 0.708. The van der Waals surface area contributed by atoms with E-state index in [1.165, 1.54) is 16.7 Å². The van der Waals surface area contributed by atoms with Crippen LogP contribution in [0.15, 0.2) is 18.2 Å². The van der Waals surface area contributed by atoms with Gasteiger partial charge in [-0.2, -0.15) is 0 Å². The molecule has 90 valence electrons. The van der Waals surface area contributed by atoms with Crippen LogP contribution in [-0.2, 0) is 6.54 Å². The van der Waals surface area contributed by atoms with E-state index in [-0.39, 0.29) is 0 Å². The van der Waals surface area contributed by atoms with Gasteiger partial charge in [-0.15, -0.1) is 11.6 Å². The van der Waals surface area contributed by atoms with Crippen molar-refractivity contribution in [1.29, 1.82) is 0 Å². The van der Waals surface area contributed by atoms with Crippen LogP contribution in [0, 0.1) is 13.8 Å². The summed E-state index contributed by atoms with van der Waals surface area (Å²) in [5.74, 6) is 0.698. The molecule has 0 amide bonds. The van der Waals surface area contributed by atoms with Gasteiger partial charge in [0.1, 0.15) is 0 Å². The Bertz CT molecular complexity index is 313. The molecule has 0 heterocycles. The molecular formula is C14H22ClN. The van der Waals surface area contributed by atoms with Gasteiger partial charge in [-0.25, -0.2) is 0 Å². The second-order valence-corrected chi connectivity index (χ2v) is 5.00. The minimum atomic E-state index is 0.540. The molecular weight excluding hydrogens is 218 g/mol. The van der Waals surface area contributed by atoms with Crippen molar-refractivity contribution in [2.24, 2.45) is 0 Å². The van der Waals surface area contributed by atoms with Crippen LogP contribution >= 0.6 is 11.6 Å². The molecule has 0 atom stereocenters. The van der Waals surface area contributed by atoms with E-state index in [1.807, 2.05) is 0 Å². The summed E-state index contributed by atoms with van der Waals surface area (Å²) in [6.07, 6.45) is 0. The van der Waals surface area contributed by atoms with Gasteiger partial charge in [0.15, 0.2) is 0 Å². The van der Waals surface area contributed by atoms with Crippen molar-refractivity contribution < 1.29 is 0 Å². The zero-order valence-electron chi connectivity index (χ0n) is 10.8. The van der Waals surface area contributed by atoms with Crippen molar-refractivity contribution >= 4 is 11.6 Å². The van der Waals surface area contributed by atoms with Crippen LogP contribution in [0.5, 0.6) is 0 Å². The van der Waals surface area contributed by atoms with Crippen molar-refractivity contribution in [3.8, 4) is 0 Å².